The van der Waals surface area contributed by atoms with Crippen molar-refractivity contribution in [3.8, 4) is 0 Å². The number of rotatable bonds is 6. The Hall–Kier alpha value is -1.14. The summed E-state index contributed by atoms with van der Waals surface area (Å²) in [5, 5.41) is 2.89. The normalized spacial score (nSPS) is 28.1. The Morgan fingerprint density at radius 1 is 1.45 bits per heavy atom. The van der Waals surface area contributed by atoms with Gasteiger partial charge in [-0.1, -0.05) is 19.8 Å². The molecule has 6 heteroatoms. The monoisotopic (exact) mass is 284 g/mol. The Morgan fingerprint density at radius 2 is 2.10 bits per heavy atom. The van der Waals surface area contributed by atoms with Crippen molar-refractivity contribution in [2.24, 2.45) is 17.4 Å². The number of nitrogens with one attached hydrogen (secondary N) is 1. The van der Waals surface area contributed by atoms with Gasteiger partial charge >= 0.3 is 0 Å². The van der Waals surface area contributed by atoms with Crippen LogP contribution in [0.5, 0.6) is 0 Å². The van der Waals surface area contributed by atoms with Gasteiger partial charge in [0, 0.05) is 12.1 Å². The molecule has 0 saturated heterocycles. The summed E-state index contributed by atoms with van der Waals surface area (Å²) >= 11 is 0. The summed E-state index contributed by atoms with van der Waals surface area (Å²) in [5.74, 6) is -0.202. The van der Waals surface area contributed by atoms with Gasteiger partial charge in [0.15, 0.2) is 0 Å². The van der Waals surface area contributed by atoms with Crippen molar-refractivity contribution < 1.29 is 9.59 Å². The molecular weight excluding hydrogens is 256 g/mol. The number of nitrogens with zero attached hydrogens (tertiary/aromatic N) is 1. The molecule has 116 valence electrons. The van der Waals surface area contributed by atoms with Crippen LogP contribution in [-0.4, -0.2) is 48.9 Å². The van der Waals surface area contributed by atoms with E-state index in [9.17, 15) is 9.59 Å². The second-order valence-corrected chi connectivity index (χ2v) is 6.32. The van der Waals surface area contributed by atoms with Crippen LogP contribution >= 0.6 is 0 Å². The lowest BCUT2D eigenvalue weighted by Crippen LogP contribution is -2.57. The van der Waals surface area contributed by atoms with Crippen LogP contribution < -0.4 is 16.8 Å². The van der Waals surface area contributed by atoms with Gasteiger partial charge in [0.25, 0.3) is 0 Å². The van der Waals surface area contributed by atoms with E-state index in [1.165, 1.54) is 12.8 Å². The van der Waals surface area contributed by atoms with Crippen LogP contribution in [-0.2, 0) is 9.59 Å². The lowest BCUT2D eigenvalue weighted by Gasteiger charge is -2.45. The number of primary amides is 1. The van der Waals surface area contributed by atoms with E-state index >= 15 is 0 Å². The van der Waals surface area contributed by atoms with E-state index < -0.39 is 11.9 Å². The average Bonchev–Trinajstić information content (AvgIpc) is 2.34. The van der Waals surface area contributed by atoms with Crippen molar-refractivity contribution in [2.75, 3.05) is 20.6 Å². The molecule has 0 bridgehead atoms. The highest BCUT2D eigenvalue weighted by Gasteiger charge is 2.37. The molecule has 0 aromatic heterocycles. The molecule has 1 fully saturated rings. The first-order valence-electron chi connectivity index (χ1n) is 7.26. The summed E-state index contributed by atoms with van der Waals surface area (Å²) in [5.41, 5.74) is 10.7. The van der Waals surface area contributed by atoms with E-state index in [0.717, 1.165) is 12.8 Å². The molecule has 2 amide bonds. The van der Waals surface area contributed by atoms with Crippen LogP contribution in [0.1, 0.15) is 39.0 Å². The first-order valence-corrected chi connectivity index (χ1v) is 7.26. The first kappa shape index (κ1) is 16.9. The van der Waals surface area contributed by atoms with Gasteiger partial charge in [0.1, 0.15) is 0 Å². The number of carbonyl (C=O) groups is 2. The van der Waals surface area contributed by atoms with E-state index in [2.05, 4.69) is 17.1 Å². The molecule has 1 aliphatic carbocycles. The fourth-order valence-corrected chi connectivity index (χ4v) is 3.05. The highest BCUT2D eigenvalue weighted by molar-refractivity contribution is 5.87. The zero-order chi connectivity index (χ0) is 15.3. The van der Waals surface area contributed by atoms with Gasteiger partial charge in [-0.05, 0) is 32.9 Å². The molecule has 0 aromatic rings. The van der Waals surface area contributed by atoms with Gasteiger partial charge in [-0.3, -0.25) is 9.59 Å². The Kier molecular flexibility index (Phi) is 5.95. The predicted octanol–water partition coefficient (Wildman–Crippen LogP) is -0.184. The zero-order valence-corrected chi connectivity index (χ0v) is 12.8. The van der Waals surface area contributed by atoms with Crippen molar-refractivity contribution in [2.45, 2.75) is 50.6 Å². The molecule has 1 aliphatic rings. The maximum atomic E-state index is 11.9. The van der Waals surface area contributed by atoms with E-state index in [4.69, 9.17) is 11.5 Å². The lowest BCUT2D eigenvalue weighted by atomic mass is 9.75. The minimum absolute atomic E-state index is 0.0141. The highest BCUT2D eigenvalue weighted by Crippen LogP contribution is 2.35. The van der Waals surface area contributed by atoms with Crippen molar-refractivity contribution in [1.29, 1.82) is 0 Å². The third-order valence-electron chi connectivity index (χ3n) is 4.37. The topological polar surface area (TPSA) is 101 Å². The van der Waals surface area contributed by atoms with Gasteiger partial charge < -0.3 is 21.7 Å². The molecule has 5 N–H and O–H groups in total. The SMILES string of the molecule is CC1CCCC(CNC(=O)C(N)CC(N)=O)(N(C)C)C1. The van der Waals surface area contributed by atoms with Crippen LogP contribution in [0.4, 0.5) is 0 Å². The third kappa shape index (κ3) is 4.45. The van der Waals surface area contributed by atoms with Crippen LogP contribution in [0.15, 0.2) is 0 Å². The van der Waals surface area contributed by atoms with Crippen LogP contribution in [0.2, 0.25) is 0 Å². The summed E-state index contributed by atoms with van der Waals surface area (Å²) in [6.07, 6.45) is 4.42. The number of nitrogens with two attached hydrogens (primary N) is 2. The average molecular weight is 284 g/mol. The van der Waals surface area contributed by atoms with E-state index in [0.29, 0.717) is 12.5 Å². The molecule has 3 atom stereocenters. The lowest BCUT2D eigenvalue weighted by molar-refractivity contribution is -0.126. The molecule has 0 heterocycles. The van der Waals surface area contributed by atoms with Gasteiger partial charge in [0.05, 0.1) is 12.5 Å². The number of carbonyl (C=O) groups excluding carboxylic acids is 2. The summed E-state index contributed by atoms with van der Waals surface area (Å²) in [6, 6.07) is -0.854. The Morgan fingerprint density at radius 3 is 2.60 bits per heavy atom. The van der Waals surface area contributed by atoms with E-state index in [1.807, 2.05) is 14.1 Å². The Labute approximate surface area is 121 Å². The fraction of sp³-hybridized carbons (Fsp3) is 0.857. The van der Waals surface area contributed by atoms with Crippen molar-refractivity contribution in [3.05, 3.63) is 0 Å². The van der Waals surface area contributed by atoms with Gasteiger partial charge in [0.2, 0.25) is 11.8 Å². The van der Waals surface area contributed by atoms with Crippen LogP contribution in [0.25, 0.3) is 0 Å². The number of hydrogen-bond acceptors (Lipinski definition) is 4. The molecule has 20 heavy (non-hydrogen) atoms. The van der Waals surface area contributed by atoms with Crippen LogP contribution in [0, 0.1) is 5.92 Å². The Balaban J connectivity index is 2.59. The second kappa shape index (κ2) is 7.04. The summed E-state index contributed by atoms with van der Waals surface area (Å²) in [4.78, 5) is 24.9. The molecule has 0 spiro atoms. The highest BCUT2D eigenvalue weighted by atomic mass is 16.2. The fourth-order valence-electron chi connectivity index (χ4n) is 3.05. The minimum Gasteiger partial charge on any atom is -0.370 e. The van der Waals surface area contributed by atoms with Gasteiger partial charge in [-0.15, -0.1) is 0 Å². The predicted molar refractivity (Wildman–Crippen MR) is 78.8 cm³/mol. The van der Waals surface area contributed by atoms with E-state index in [-0.39, 0.29) is 17.9 Å². The molecule has 0 radical (unpaired) electrons. The number of amides is 2. The van der Waals surface area contributed by atoms with Gasteiger partial charge in [-0.25, -0.2) is 0 Å². The van der Waals surface area contributed by atoms with Gasteiger partial charge in [-0.2, -0.15) is 0 Å². The quantitative estimate of drug-likeness (QED) is 0.629. The number of hydrogen-bond donors (Lipinski definition) is 3. The number of likely N-dealkylation sites (N-methyl/N-ethyl adjacent to an activating group) is 1. The molecule has 1 saturated carbocycles. The second-order valence-electron chi connectivity index (χ2n) is 6.32. The molecular formula is C14H28N4O2. The Bertz CT molecular complexity index is 359. The maximum Gasteiger partial charge on any atom is 0.237 e. The standard InChI is InChI=1S/C14H28N4O2/c1-10-5-4-6-14(8-10,18(2)3)9-17-13(20)11(15)7-12(16)19/h10-11H,4-9,15H2,1-3H3,(H2,16,19)(H,17,20). The third-order valence-corrected chi connectivity index (χ3v) is 4.37. The largest absolute Gasteiger partial charge is 0.370 e. The molecule has 0 aromatic carbocycles. The minimum atomic E-state index is -0.854. The summed E-state index contributed by atoms with van der Waals surface area (Å²) < 4.78 is 0. The van der Waals surface area contributed by atoms with Crippen molar-refractivity contribution in [3.63, 3.8) is 0 Å². The molecule has 6 nitrogen and oxygen atoms in total. The van der Waals surface area contributed by atoms with E-state index in [1.54, 1.807) is 0 Å². The molecule has 3 unspecified atom stereocenters. The zero-order valence-electron chi connectivity index (χ0n) is 12.8. The summed E-state index contributed by atoms with van der Waals surface area (Å²) in [7, 11) is 4.10. The van der Waals surface area contributed by atoms with Crippen molar-refractivity contribution in [1.82, 2.24) is 10.2 Å². The van der Waals surface area contributed by atoms with Crippen LogP contribution in [0.3, 0.4) is 0 Å². The maximum absolute atomic E-state index is 11.9. The first-order chi connectivity index (χ1) is 9.27. The van der Waals surface area contributed by atoms with Crippen molar-refractivity contribution >= 4 is 11.8 Å². The smallest absolute Gasteiger partial charge is 0.237 e. The summed E-state index contributed by atoms with van der Waals surface area (Å²) in [6.45, 7) is 2.81. The molecule has 1 rings (SSSR count). The molecule has 0 aliphatic heterocycles.